The molecule has 17 heavy (non-hydrogen) atoms. The molecule has 5 heteroatoms. The number of halogens is 3. The predicted octanol–water partition coefficient (Wildman–Crippen LogP) is 2.91. The molecule has 1 rings (SSSR count). The molecule has 96 valence electrons. The smallest absolute Gasteiger partial charge is 0.283 e. The summed E-state index contributed by atoms with van der Waals surface area (Å²) in [6.07, 6.45) is 0. The highest BCUT2D eigenvalue weighted by Crippen LogP contribution is 2.47. The molecule has 0 fully saturated rings. The zero-order chi connectivity index (χ0) is 13.3. The van der Waals surface area contributed by atoms with E-state index < -0.39 is 22.7 Å². The number of methoxy groups -OCH3 is 1. The zero-order valence-electron chi connectivity index (χ0n) is 10.1. The Morgan fingerprint density at radius 3 is 2.35 bits per heavy atom. The van der Waals surface area contributed by atoms with Crippen molar-refractivity contribution in [1.82, 2.24) is 0 Å². The summed E-state index contributed by atoms with van der Waals surface area (Å²) < 4.78 is 46.4. The Morgan fingerprint density at radius 2 is 1.88 bits per heavy atom. The van der Waals surface area contributed by atoms with Gasteiger partial charge in [-0.25, -0.2) is 13.2 Å². The number of benzene rings is 1. The van der Waals surface area contributed by atoms with E-state index in [-0.39, 0.29) is 12.3 Å². The van der Waals surface area contributed by atoms with Crippen LogP contribution in [0.15, 0.2) is 18.2 Å². The lowest BCUT2D eigenvalue weighted by atomic mass is 9.81. The third-order valence-corrected chi connectivity index (χ3v) is 2.86. The second-order valence-corrected chi connectivity index (χ2v) is 4.51. The van der Waals surface area contributed by atoms with Gasteiger partial charge in [0.1, 0.15) is 11.6 Å². The quantitative estimate of drug-likeness (QED) is 0.887. The number of ether oxygens (including phenoxy) is 1. The lowest BCUT2D eigenvalue weighted by Gasteiger charge is -2.33. The van der Waals surface area contributed by atoms with Crippen molar-refractivity contribution in [2.45, 2.75) is 19.8 Å². The van der Waals surface area contributed by atoms with E-state index in [0.29, 0.717) is 0 Å². The van der Waals surface area contributed by atoms with Gasteiger partial charge in [0.2, 0.25) is 0 Å². The molecule has 0 saturated carbocycles. The Balaban J connectivity index is 3.36. The largest absolute Gasteiger partial charge is 0.496 e. The van der Waals surface area contributed by atoms with Crippen molar-refractivity contribution in [3.8, 4) is 5.75 Å². The van der Waals surface area contributed by atoms with Crippen LogP contribution in [0, 0.1) is 11.2 Å². The van der Waals surface area contributed by atoms with Gasteiger partial charge in [0.05, 0.1) is 12.7 Å². The monoisotopic (exact) mass is 247 g/mol. The normalized spacial score (nSPS) is 12.6. The van der Waals surface area contributed by atoms with Crippen LogP contribution in [0.3, 0.4) is 0 Å². The summed E-state index contributed by atoms with van der Waals surface area (Å²) in [5.41, 5.74) is 3.39. The molecule has 2 nitrogen and oxygen atoms in total. The minimum atomic E-state index is -3.27. The van der Waals surface area contributed by atoms with E-state index in [2.05, 4.69) is 0 Å². The van der Waals surface area contributed by atoms with Crippen molar-refractivity contribution in [3.63, 3.8) is 0 Å². The topological polar surface area (TPSA) is 35.2 Å². The van der Waals surface area contributed by atoms with Crippen molar-refractivity contribution >= 4 is 0 Å². The second-order valence-electron chi connectivity index (χ2n) is 4.51. The zero-order valence-corrected chi connectivity index (χ0v) is 10.1. The van der Waals surface area contributed by atoms with Gasteiger partial charge in [0.25, 0.3) is 5.92 Å². The van der Waals surface area contributed by atoms with Crippen molar-refractivity contribution < 1.29 is 17.9 Å². The van der Waals surface area contributed by atoms with Gasteiger partial charge < -0.3 is 10.5 Å². The highest BCUT2D eigenvalue weighted by Gasteiger charge is 2.49. The van der Waals surface area contributed by atoms with Gasteiger partial charge in [0, 0.05) is 12.0 Å². The van der Waals surface area contributed by atoms with Gasteiger partial charge in [-0.05, 0) is 18.2 Å². The van der Waals surface area contributed by atoms with Gasteiger partial charge in [-0.1, -0.05) is 13.8 Å². The van der Waals surface area contributed by atoms with Crippen LogP contribution < -0.4 is 10.5 Å². The van der Waals surface area contributed by atoms with Gasteiger partial charge >= 0.3 is 0 Å². The number of hydrogen-bond acceptors (Lipinski definition) is 2. The molecule has 1 aromatic rings. The fraction of sp³-hybridized carbons (Fsp3) is 0.500. The Kier molecular flexibility index (Phi) is 3.71. The summed E-state index contributed by atoms with van der Waals surface area (Å²) >= 11 is 0. The van der Waals surface area contributed by atoms with Gasteiger partial charge in [-0.15, -0.1) is 0 Å². The Labute approximate surface area is 98.6 Å². The van der Waals surface area contributed by atoms with Crippen LogP contribution in [-0.2, 0) is 5.92 Å². The van der Waals surface area contributed by atoms with E-state index in [1.807, 2.05) is 0 Å². The maximum atomic E-state index is 14.2. The van der Waals surface area contributed by atoms with Crippen molar-refractivity contribution in [2.75, 3.05) is 13.7 Å². The van der Waals surface area contributed by atoms with Crippen LogP contribution in [0.1, 0.15) is 19.4 Å². The molecule has 0 atom stereocenters. The van der Waals surface area contributed by atoms with E-state index in [4.69, 9.17) is 10.5 Å². The molecular weight excluding hydrogens is 231 g/mol. The van der Waals surface area contributed by atoms with Crippen LogP contribution >= 0.6 is 0 Å². The summed E-state index contributed by atoms with van der Waals surface area (Å²) in [7, 11) is 1.27. The first-order chi connectivity index (χ1) is 7.76. The lowest BCUT2D eigenvalue weighted by Crippen LogP contribution is -2.40. The molecule has 0 aliphatic heterocycles. The van der Waals surface area contributed by atoms with E-state index in [0.717, 1.165) is 12.1 Å². The average molecular weight is 247 g/mol. The Bertz CT molecular complexity index is 405. The van der Waals surface area contributed by atoms with E-state index in [9.17, 15) is 13.2 Å². The maximum Gasteiger partial charge on any atom is 0.283 e. The van der Waals surface area contributed by atoms with Gasteiger partial charge in [-0.2, -0.15) is 0 Å². The molecule has 0 radical (unpaired) electrons. The van der Waals surface area contributed by atoms with Crippen LogP contribution in [0.4, 0.5) is 13.2 Å². The third kappa shape index (κ3) is 2.39. The summed E-state index contributed by atoms with van der Waals surface area (Å²) in [4.78, 5) is 0. The standard InChI is InChI=1S/C12H16F3NO/c1-11(2,7-16)12(14,15)9-6-8(13)4-5-10(9)17-3/h4-6H,7,16H2,1-3H3. The molecule has 0 aliphatic rings. The number of rotatable bonds is 4. The number of nitrogens with two attached hydrogens (primary N) is 1. The van der Waals surface area contributed by atoms with Gasteiger partial charge in [-0.3, -0.25) is 0 Å². The first-order valence-corrected chi connectivity index (χ1v) is 5.18. The van der Waals surface area contributed by atoms with E-state index in [1.165, 1.54) is 27.0 Å². The molecule has 2 N–H and O–H groups in total. The first-order valence-electron chi connectivity index (χ1n) is 5.18. The van der Waals surface area contributed by atoms with Crippen LogP contribution in [0.25, 0.3) is 0 Å². The predicted molar refractivity (Wildman–Crippen MR) is 59.7 cm³/mol. The van der Waals surface area contributed by atoms with Crippen LogP contribution in [-0.4, -0.2) is 13.7 Å². The first kappa shape index (κ1) is 13.8. The van der Waals surface area contributed by atoms with Crippen LogP contribution in [0.5, 0.6) is 5.75 Å². The molecule has 1 aromatic carbocycles. The summed E-state index contributed by atoms with van der Waals surface area (Å²) in [5, 5.41) is 0. The van der Waals surface area contributed by atoms with Gasteiger partial charge in [0.15, 0.2) is 0 Å². The van der Waals surface area contributed by atoms with E-state index >= 15 is 0 Å². The Hall–Kier alpha value is -1.23. The lowest BCUT2D eigenvalue weighted by molar-refractivity contribution is -0.110. The molecule has 0 bridgehead atoms. The summed E-state index contributed by atoms with van der Waals surface area (Å²) in [6, 6.07) is 3.05. The number of alkyl halides is 2. The molecule has 0 saturated heterocycles. The van der Waals surface area contributed by atoms with Crippen molar-refractivity contribution in [3.05, 3.63) is 29.6 Å². The number of hydrogen-bond donors (Lipinski definition) is 1. The highest BCUT2D eigenvalue weighted by atomic mass is 19.3. The Morgan fingerprint density at radius 1 is 1.29 bits per heavy atom. The van der Waals surface area contributed by atoms with Crippen LogP contribution in [0.2, 0.25) is 0 Å². The molecule has 0 heterocycles. The minimum Gasteiger partial charge on any atom is -0.496 e. The molecule has 0 amide bonds. The second kappa shape index (κ2) is 4.56. The third-order valence-electron chi connectivity index (χ3n) is 2.86. The molecule has 0 unspecified atom stereocenters. The molecule has 0 aliphatic carbocycles. The fourth-order valence-electron chi connectivity index (χ4n) is 1.42. The molecular formula is C12H16F3NO. The van der Waals surface area contributed by atoms with Crippen molar-refractivity contribution in [1.29, 1.82) is 0 Å². The summed E-state index contributed by atoms with van der Waals surface area (Å²) in [6.45, 7) is 2.44. The highest BCUT2D eigenvalue weighted by molar-refractivity contribution is 5.38. The minimum absolute atomic E-state index is 0.0436. The average Bonchev–Trinajstić information content (AvgIpc) is 2.28. The molecule has 0 spiro atoms. The summed E-state index contributed by atoms with van der Waals surface area (Å²) in [5.74, 6) is -4.04. The van der Waals surface area contributed by atoms with Crippen molar-refractivity contribution in [2.24, 2.45) is 11.1 Å². The fourth-order valence-corrected chi connectivity index (χ4v) is 1.42. The molecule has 0 aromatic heterocycles. The van der Waals surface area contributed by atoms with E-state index in [1.54, 1.807) is 0 Å². The maximum absolute atomic E-state index is 14.2. The SMILES string of the molecule is COc1ccc(F)cc1C(F)(F)C(C)(C)CN.